The molecule has 2 atom stereocenters. The Bertz CT molecular complexity index is 976. The van der Waals surface area contributed by atoms with Crippen molar-refractivity contribution in [3.8, 4) is 5.88 Å². The van der Waals surface area contributed by atoms with E-state index in [0.29, 0.717) is 31.2 Å². The number of nitrogens with zero attached hydrogens (tertiary/aromatic N) is 4. The van der Waals surface area contributed by atoms with E-state index < -0.39 is 23.8 Å². The van der Waals surface area contributed by atoms with Crippen LogP contribution in [-0.4, -0.2) is 62.8 Å². The number of rotatable bonds is 5. The zero-order valence-corrected chi connectivity index (χ0v) is 20.0. The number of amides is 1. The number of aliphatic hydroxyl groups is 1. The lowest BCUT2D eigenvalue weighted by atomic mass is 10.0. The van der Waals surface area contributed by atoms with Gasteiger partial charge in [-0.25, -0.2) is 9.78 Å². The molecule has 33 heavy (non-hydrogen) atoms. The van der Waals surface area contributed by atoms with Gasteiger partial charge in [0, 0.05) is 31.7 Å². The third-order valence-electron chi connectivity index (χ3n) is 6.12. The second kappa shape index (κ2) is 9.65. The van der Waals surface area contributed by atoms with Gasteiger partial charge >= 0.3 is 6.09 Å². The lowest BCUT2D eigenvalue weighted by Crippen LogP contribution is -2.43. The van der Waals surface area contributed by atoms with Gasteiger partial charge in [-0.05, 0) is 45.6 Å². The Kier molecular flexibility index (Phi) is 6.86. The van der Waals surface area contributed by atoms with E-state index in [4.69, 9.17) is 14.5 Å². The molecule has 0 aliphatic carbocycles. The highest BCUT2D eigenvalue weighted by atomic mass is 16.6. The van der Waals surface area contributed by atoms with Gasteiger partial charge in [-0.3, -0.25) is 4.90 Å². The zero-order chi connectivity index (χ0) is 23.6. The number of hydrogen-bond acceptors (Lipinski definition) is 7. The monoisotopic (exact) mass is 454 g/mol. The molecule has 2 aliphatic rings. The molecule has 4 rings (SSSR count). The molecule has 2 aliphatic heterocycles. The quantitative estimate of drug-likeness (QED) is 0.740. The highest BCUT2D eigenvalue weighted by molar-refractivity contribution is 5.69. The van der Waals surface area contributed by atoms with Crippen molar-refractivity contribution in [1.82, 2.24) is 19.8 Å². The van der Waals surface area contributed by atoms with E-state index in [0.717, 1.165) is 37.2 Å². The van der Waals surface area contributed by atoms with Crippen molar-refractivity contribution in [2.45, 2.75) is 70.9 Å². The Morgan fingerprint density at radius 2 is 1.97 bits per heavy atom. The van der Waals surface area contributed by atoms with E-state index in [1.54, 1.807) is 12.0 Å². The molecule has 1 amide bonds. The standard InChI is InChI=1S/C25H34N4O4/c1-25(2,3)33-24(31)29-13-8-11-20(29)21(30)22-26-19-16-28(15-17-9-6-5-7-10-17)14-12-18(19)23(27-22)32-4/h5-7,9-10,20-21,30H,8,11-16H2,1-4H3/t20-,21?/m0/s1. The first-order chi connectivity index (χ1) is 15.7. The van der Waals surface area contributed by atoms with Gasteiger partial charge in [-0.1, -0.05) is 30.3 Å². The molecule has 0 spiro atoms. The minimum absolute atomic E-state index is 0.299. The summed E-state index contributed by atoms with van der Waals surface area (Å²) in [6.45, 7) is 8.44. The lowest BCUT2D eigenvalue weighted by molar-refractivity contribution is 0.00331. The van der Waals surface area contributed by atoms with Crippen LogP contribution in [-0.2, 0) is 24.2 Å². The molecule has 3 heterocycles. The van der Waals surface area contributed by atoms with Gasteiger partial charge in [0.25, 0.3) is 0 Å². The van der Waals surface area contributed by atoms with E-state index in [9.17, 15) is 9.90 Å². The smallest absolute Gasteiger partial charge is 0.410 e. The maximum atomic E-state index is 12.7. The molecule has 1 unspecified atom stereocenters. The zero-order valence-electron chi connectivity index (χ0n) is 20.0. The molecule has 2 aromatic rings. The molecular formula is C25H34N4O4. The van der Waals surface area contributed by atoms with Crippen LogP contribution in [0.25, 0.3) is 0 Å². The fraction of sp³-hybridized carbons (Fsp3) is 0.560. The molecule has 0 bridgehead atoms. The molecule has 1 aromatic heterocycles. The topological polar surface area (TPSA) is 88.0 Å². The van der Waals surface area contributed by atoms with E-state index in [1.807, 2.05) is 39.0 Å². The predicted molar refractivity (Wildman–Crippen MR) is 124 cm³/mol. The molecule has 8 heteroatoms. The molecule has 0 radical (unpaired) electrons. The minimum Gasteiger partial charge on any atom is -0.481 e. The van der Waals surface area contributed by atoms with Crippen LogP contribution in [0.5, 0.6) is 5.88 Å². The Balaban J connectivity index is 1.55. The molecule has 0 saturated carbocycles. The van der Waals surface area contributed by atoms with Crippen molar-refractivity contribution in [1.29, 1.82) is 0 Å². The molecule has 1 N–H and O–H groups in total. The van der Waals surface area contributed by atoms with Crippen LogP contribution in [0.1, 0.15) is 62.4 Å². The number of carbonyl (C=O) groups excluding carboxylic acids is 1. The second-order valence-electron chi connectivity index (χ2n) is 9.79. The number of ether oxygens (including phenoxy) is 2. The lowest BCUT2D eigenvalue weighted by Gasteiger charge is -2.32. The second-order valence-corrected chi connectivity index (χ2v) is 9.79. The van der Waals surface area contributed by atoms with Crippen LogP contribution in [0.4, 0.5) is 4.79 Å². The van der Waals surface area contributed by atoms with Crippen molar-refractivity contribution in [2.75, 3.05) is 20.2 Å². The first-order valence-electron chi connectivity index (χ1n) is 11.6. The van der Waals surface area contributed by atoms with Gasteiger partial charge in [-0.15, -0.1) is 0 Å². The SMILES string of the molecule is COc1nc(C(O)[C@@H]2CCCN2C(=O)OC(C)(C)C)nc2c1CCN(Cc1ccccc1)C2. The van der Waals surface area contributed by atoms with Crippen molar-refractivity contribution in [3.05, 3.63) is 53.0 Å². The third-order valence-corrected chi connectivity index (χ3v) is 6.12. The molecule has 1 fully saturated rings. The Hall–Kier alpha value is -2.71. The molecule has 1 saturated heterocycles. The van der Waals surface area contributed by atoms with Gasteiger partial charge in [0.15, 0.2) is 5.82 Å². The van der Waals surface area contributed by atoms with Crippen LogP contribution in [0.2, 0.25) is 0 Å². The van der Waals surface area contributed by atoms with Crippen LogP contribution in [0.15, 0.2) is 30.3 Å². The number of carbonyl (C=O) groups is 1. The normalized spacial score (nSPS) is 19.8. The number of aromatic nitrogens is 2. The number of fused-ring (bicyclic) bond motifs is 1. The first kappa shape index (κ1) is 23.4. The molecule has 8 nitrogen and oxygen atoms in total. The largest absolute Gasteiger partial charge is 0.481 e. The highest BCUT2D eigenvalue weighted by Crippen LogP contribution is 2.33. The average Bonchev–Trinajstić information content (AvgIpc) is 3.27. The summed E-state index contributed by atoms with van der Waals surface area (Å²) in [6, 6.07) is 9.93. The summed E-state index contributed by atoms with van der Waals surface area (Å²) >= 11 is 0. The maximum Gasteiger partial charge on any atom is 0.410 e. The number of benzene rings is 1. The number of likely N-dealkylation sites (tertiary alicyclic amines) is 1. The summed E-state index contributed by atoms with van der Waals surface area (Å²) < 4.78 is 11.1. The van der Waals surface area contributed by atoms with E-state index in [1.165, 1.54) is 5.56 Å². The highest BCUT2D eigenvalue weighted by Gasteiger charge is 2.39. The number of hydrogen-bond donors (Lipinski definition) is 1. The average molecular weight is 455 g/mol. The Morgan fingerprint density at radius 1 is 1.21 bits per heavy atom. The third kappa shape index (κ3) is 5.45. The minimum atomic E-state index is -1.01. The van der Waals surface area contributed by atoms with Gasteiger partial charge in [0.1, 0.15) is 11.7 Å². The van der Waals surface area contributed by atoms with E-state index in [2.05, 4.69) is 22.0 Å². The molecule has 1 aromatic carbocycles. The summed E-state index contributed by atoms with van der Waals surface area (Å²) in [6.07, 6.45) is 0.832. The number of methoxy groups -OCH3 is 1. The van der Waals surface area contributed by atoms with Crippen LogP contribution in [0, 0.1) is 0 Å². The Morgan fingerprint density at radius 3 is 2.67 bits per heavy atom. The van der Waals surface area contributed by atoms with E-state index in [-0.39, 0.29) is 0 Å². The summed E-state index contributed by atoms with van der Waals surface area (Å²) in [5, 5.41) is 11.2. The van der Waals surface area contributed by atoms with Gasteiger partial charge in [0.05, 0.1) is 18.8 Å². The maximum absolute atomic E-state index is 12.7. The van der Waals surface area contributed by atoms with Crippen LogP contribution in [0.3, 0.4) is 0 Å². The van der Waals surface area contributed by atoms with Gasteiger partial charge < -0.3 is 19.5 Å². The first-order valence-corrected chi connectivity index (χ1v) is 11.6. The summed E-state index contributed by atoms with van der Waals surface area (Å²) in [4.78, 5) is 26.0. The van der Waals surface area contributed by atoms with Gasteiger partial charge in [0.2, 0.25) is 5.88 Å². The molecular weight excluding hydrogens is 420 g/mol. The summed E-state index contributed by atoms with van der Waals surface area (Å²) in [7, 11) is 1.59. The number of aliphatic hydroxyl groups excluding tert-OH is 1. The van der Waals surface area contributed by atoms with E-state index >= 15 is 0 Å². The fourth-order valence-electron chi connectivity index (χ4n) is 4.59. The summed E-state index contributed by atoms with van der Waals surface area (Å²) in [5.74, 6) is 0.808. The molecule has 178 valence electrons. The van der Waals surface area contributed by atoms with Crippen molar-refractivity contribution in [3.63, 3.8) is 0 Å². The predicted octanol–water partition coefficient (Wildman–Crippen LogP) is 3.48. The summed E-state index contributed by atoms with van der Waals surface area (Å²) in [5.41, 5.74) is 2.53. The van der Waals surface area contributed by atoms with Crippen molar-refractivity contribution >= 4 is 6.09 Å². The Labute approximate surface area is 195 Å². The van der Waals surface area contributed by atoms with Gasteiger partial charge in [-0.2, -0.15) is 4.98 Å². The van der Waals surface area contributed by atoms with Crippen molar-refractivity contribution in [2.24, 2.45) is 0 Å². The van der Waals surface area contributed by atoms with Crippen LogP contribution < -0.4 is 4.74 Å². The fourth-order valence-corrected chi connectivity index (χ4v) is 4.59. The van der Waals surface area contributed by atoms with Crippen molar-refractivity contribution < 1.29 is 19.4 Å². The van der Waals surface area contributed by atoms with Crippen LogP contribution >= 0.6 is 0 Å².